The molecule has 1 saturated carbocycles. The molecule has 1 amide bonds. The van der Waals surface area contributed by atoms with Crippen LogP contribution in [-0.2, 0) is 17.3 Å². The zero-order valence-corrected chi connectivity index (χ0v) is 13.1. The molecule has 2 aromatic rings. The largest absolute Gasteiger partial charge is 0.355 e. The average molecular weight is 284 g/mol. The highest BCUT2D eigenvalue weighted by atomic mass is 16.1. The number of rotatable bonds is 5. The fourth-order valence-corrected chi connectivity index (χ4v) is 3.17. The number of fused-ring (bicyclic) bond motifs is 1. The molecule has 1 heterocycles. The Kier molecular flexibility index (Phi) is 3.52. The molecule has 0 saturated heterocycles. The summed E-state index contributed by atoms with van der Waals surface area (Å²) in [6, 6.07) is 8.53. The number of nitrogens with one attached hydrogen (secondary N) is 1. The molecule has 0 aliphatic heterocycles. The zero-order valence-electron chi connectivity index (χ0n) is 13.1. The van der Waals surface area contributed by atoms with Gasteiger partial charge in [0.25, 0.3) is 0 Å². The van der Waals surface area contributed by atoms with E-state index in [0.717, 1.165) is 6.54 Å². The van der Waals surface area contributed by atoms with Gasteiger partial charge in [0.1, 0.15) is 0 Å². The van der Waals surface area contributed by atoms with Gasteiger partial charge < -0.3 is 9.88 Å². The molecule has 0 unspecified atom stereocenters. The van der Waals surface area contributed by atoms with Crippen LogP contribution in [-0.4, -0.2) is 17.0 Å². The van der Waals surface area contributed by atoms with Crippen molar-refractivity contribution < 1.29 is 4.79 Å². The highest BCUT2D eigenvalue weighted by molar-refractivity contribution is 5.86. The van der Waals surface area contributed by atoms with E-state index in [1.54, 1.807) is 0 Å². The van der Waals surface area contributed by atoms with Crippen molar-refractivity contribution in [3.63, 3.8) is 0 Å². The van der Waals surface area contributed by atoms with Crippen LogP contribution >= 0.6 is 0 Å². The summed E-state index contributed by atoms with van der Waals surface area (Å²) in [6.07, 6.45) is 5.20. The van der Waals surface area contributed by atoms with Crippen LogP contribution < -0.4 is 5.32 Å². The number of para-hydroxylation sites is 1. The van der Waals surface area contributed by atoms with E-state index in [0.29, 0.717) is 12.3 Å². The Bertz CT molecular complexity index is 665. The SMILES string of the molecule is CC(C)CC(=O)NCC1(c2cn(C)c3ccccc23)CC1. The lowest BCUT2D eigenvalue weighted by molar-refractivity contribution is -0.121. The summed E-state index contributed by atoms with van der Waals surface area (Å²) in [5.74, 6) is 0.592. The summed E-state index contributed by atoms with van der Waals surface area (Å²) in [6.45, 7) is 4.93. The van der Waals surface area contributed by atoms with Crippen molar-refractivity contribution in [3.8, 4) is 0 Å². The second-order valence-corrected chi connectivity index (χ2v) is 6.83. The predicted molar refractivity (Wildman–Crippen MR) is 86.3 cm³/mol. The number of aryl methyl sites for hydroxylation is 1. The van der Waals surface area contributed by atoms with Crippen molar-refractivity contribution >= 4 is 16.8 Å². The quantitative estimate of drug-likeness (QED) is 0.897. The highest BCUT2D eigenvalue weighted by Crippen LogP contribution is 2.50. The van der Waals surface area contributed by atoms with Crippen molar-refractivity contribution in [1.29, 1.82) is 0 Å². The van der Waals surface area contributed by atoms with Gasteiger partial charge in [-0.1, -0.05) is 32.0 Å². The Morgan fingerprint density at radius 3 is 2.71 bits per heavy atom. The molecular weight excluding hydrogens is 260 g/mol. The Morgan fingerprint density at radius 2 is 2.05 bits per heavy atom. The van der Waals surface area contributed by atoms with Gasteiger partial charge in [0.15, 0.2) is 0 Å². The van der Waals surface area contributed by atoms with Gasteiger partial charge in [-0.25, -0.2) is 0 Å². The number of benzene rings is 1. The van der Waals surface area contributed by atoms with Gasteiger partial charge in [-0.3, -0.25) is 4.79 Å². The molecule has 1 aromatic heterocycles. The molecule has 3 heteroatoms. The Hall–Kier alpha value is -1.77. The first kappa shape index (κ1) is 14.2. The van der Waals surface area contributed by atoms with Crippen molar-refractivity contribution in [3.05, 3.63) is 36.0 Å². The number of carbonyl (C=O) groups is 1. The smallest absolute Gasteiger partial charge is 0.220 e. The summed E-state index contributed by atoms with van der Waals surface area (Å²) in [4.78, 5) is 11.9. The lowest BCUT2D eigenvalue weighted by Crippen LogP contribution is -2.32. The molecule has 21 heavy (non-hydrogen) atoms. The lowest BCUT2D eigenvalue weighted by atomic mass is 9.95. The van der Waals surface area contributed by atoms with E-state index in [-0.39, 0.29) is 11.3 Å². The van der Waals surface area contributed by atoms with Gasteiger partial charge in [0, 0.05) is 42.5 Å². The number of amides is 1. The van der Waals surface area contributed by atoms with E-state index < -0.39 is 0 Å². The minimum Gasteiger partial charge on any atom is -0.355 e. The third-order valence-electron chi connectivity index (χ3n) is 4.54. The first-order valence-electron chi connectivity index (χ1n) is 7.83. The maximum Gasteiger partial charge on any atom is 0.220 e. The molecule has 3 nitrogen and oxygen atoms in total. The number of aromatic nitrogens is 1. The van der Waals surface area contributed by atoms with Crippen LogP contribution in [0.3, 0.4) is 0 Å². The second kappa shape index (κ2) is 5.21. The molecule has 1 aliphatic rings. The summed E-state index contributed by atoms with van der Waals surface area (Å²) in [7, 11) is 2.10. The molecule has 1 aliphatic carbocycles. The monoisotopic (exact) mass is 284 g/mol. The van der Waals surface area contributed by atoms with Crippen molar-refractivity contribution in [2.45, 2.75) is 38.5 Å². The van der Waals surface area contributed by atoms with Crippen molar-refractivity contribution in [2.75, 3.05) is 6.54 Å². The molecule has 1 fully saturated rings. The van der Waals surface area contributed by atoms with Crippen LogP contribution in [0.2, 0.25) is 0 Å². The van der Waals surface area contributed by atoms with E-state index in [1.807, 2.05) is 0 Å². The normalized spacial score (nSPS) is 16.4. The standard InChI is InChI=1S/C18H24N2O/c1-13(2)10-17(21)19-12-18(8-9-18)15-11-20(3)16-7-5-4-6-14(15)16/h4-7,11,13H,8-10,12H2,1-3H3,(H,19,21). The fourth-order valence-electron chi connectivity index (χ4n) is 3.17. The van der Waals surface area contributed by atoms with Gasteiger partial charge in [-0.2, -0.15) is 0 Å². The van der Waals surface area contributed by atoms with E-state index in [9.17, 15) is 4.79 Å². The molecule has 0 radical (unpaired) electrons. The van der Waals surface area contributed by atoms with E-state index in [1.165, 1.54) is 29.3 Å². The van der Waals surface area contributed by atoms with Crippen molar-refractivity contribution in [2.24, 2.45) is 13.0 Å². The van der Waals surface area contributed by atoms with E-state index in [4.69, 9.17) is 0 Å². The van der Waals surface area contributed by atoms with Crippen molar-refractivity contribution in [1.82, 2.24) is 9.88 Å². The molecule has 0 bridgehead atoms. The molecule has 1 aromatic carbocycles. The maximum absolute atomic E-state index is 11.9. The molecular formula is C18H24N2O. The number of carbonyl (C=O) groups excluding carboxylic acids is 1. The molecule has 1 N–H and O–H groups in total. The van der Waals surface area contributed by atoms with E-state index in [2.05, 4.69) is 61.2 Å². The minimum atomic E-state index is 0.160. The van der Waals surface area contributed by atoms with Gasteiger partial charge >= 0.3 is 0 Å². The maximum atomic E-state index is 11.9. The Morgan fingerprint density at radius 1 is 1.33 bits per heavy atom. The number of nitrogens with zero attached hydrogens (tertiary/aromatic N) is 1. The Labute approximate surface area is 126 Å². The Balaban J connectivity index is 1.80. The van der Waals surface area contributed by atoms with Crippen LogP contribution in [0.5, 0.6) is 0 Å². The van der Waals surface area contributed by atoms with Gasteiger partial charge in [0.05, 0.1) is 0 Å². The number of hydrogen-bond acceptors (Lipinski definition) is 1. The van der Waals surface area contributed by atoms with Gasteiger partial charge in [0.2, 0.25) is 5.91 Å². The van der Waals surface area contributed by atoms with Crippen LogP contribution in [0.15, 0.2) is 30.5 Å². The van der Waals surface area contributed by atoms with E-state index >= 15 is 0 Å². The minimum absolute atomic E-state index is 0.160. The predicted octanol–water partition coefficient (Wildman–Crippen LogP) is 3.37. The van der Waals surface area contributed by atoms with Crippen LogP contribution in [0.4, 0.5) is 0 Å². The third kappa shape index (κ3) is 2.69. The summed E-state index contributed by atoms with van der Waals surface area (Å²) in [5, 5.41) is 4.47. The van der Waals surface area contributed by atoms with Crippen LogP contribution in [0.25, 0.3) is 10.9 Å². The summed E-state index contributed by atoms with van der Waals surface area (Å²) in [5.41, 5.74) is 2.82. The topological polar surface area (TPSA) is 34.0 Å². The van der Waals surface area contributed by atoms with Crippen LogP contribution in [0.1, 0.15) is 38.7 Å². The molecule has 0 spiro atoms. The average Bonchev–Trinajstić information content (AvgIpc) is 3.16. The molecule has 0 atom stereocenters. The zero-order chi connectivity index (χ0) is 15.0. The first-order valence-corrected chi connectivity index (χ1v) is 7.83. The second-order valence-electron chi connectivity index (χ2n) is 6.83. The third-order valence-corrected chi connectivity index (χ3v) is 4.54. The van der Waals surface area contributed by atoms with Gasteiger partial charge in [-0.05, 0) is 30.4 Å². The summed E-state index contributed by atoms with van der Waals surface area (Å²) >= 11 is 0. The molecule has 112 valence electrons. The highest BCUT2D eigenvalue weighted by Gasteiger charge is 2.46. The van der Waals surface area contributed by atoms with Gasteiger partial charge in [-0.15, -0.1) is 0 Å². The fraction of sp³-hybridized carbons (Fsp3) is 0.500. The summed E-state index contributed by atoms with van der Waals surface area (Å²) < 4.78 is 2.20. The lowest BCUT2D eigenvalue weighted by Gasteiger charge is -2.16. The van der Waals surface area contributed by atoms with Crippen LogP contribution in [0, 0.1) is 5.92 Å². The number of hydrogen-bond donors (Lipinski definition) is 1. The first-order chi connectivity index (χ1) is 10.0. The molecule has 3 rings (SSSR count).